The highest BCUT2D eigenvalue weighted by atomic mass is 32.1. The van der Waals surface area contributed by atoms with Gasteiger partial charge in [0.15, 0.2) is 0 Å². The maximum absolute atomic E-state index is 13.1. The van der Waals surface area contributed by atoms with Crippen molar-refractivity contribution in [3.05, 3.63) is 40.1 Å². The van der Waals surface area contributed by atoms with Gasteiger partial charge in [-0.1, -0.05) is 0 Å². The molecule has 0 aliphatic heterocycles. The van der Waals surface area contributed by atoms with Crippen molar-refractivity contribution < 1.29 is 4.39 Å². The topological polar surface area (TPSA) is 56.7 Å². The zero-order valence-electron chi connectivity index (χ0n) is 9.72. The van der Waals surface area contributed by atoms with Crippen LogP contribution in [0.3, 0.4) is 0 Å². The van der Waals surface area contributed by atoms with Crippen LogP contribution in [0.1, 0.15) is 10.7 Å². The summed E-state index contributed by atoms with van der Waals surface area (Å²) in [6.07, 6.45) is 0. The Morgan fingerprint density at radius 3 is 2.94 bits per heavy atom. The third kappa shape index (κ3) is 1.84. The number of hydrogen-bond acceptors (Lipinski definition) is 4. The van der Waals surface area contributed by atoms with E-state index in [0.717, 1.165) is 16.2 Å². The van der Waals surface area contributed by atoms with Crippen LogP contribution in [0.25, 0.3) is 11.0 Å². The maximum Gasteiger partial charge on any atom is 0.201 e. The summed E-state index contributed by atoms with van der Waals surface area (Å²) in [7, 11) is 0. The summed E-state index contributed by atoms with van der Waals surface area (Å²) < 4.78 is 14.9. The normalized spacial score (nSPS) is 11.2. The summed E-state index contributed by atoms with van der Waals surface area (Å²) in [5, 5.41) is 2.95. The molecule has 0 amide bonds. The van der Waals surface area contributed by atoms with E-state index in [4.69, 9.17) is 5.73 Å². The van der Waals surface area contributed by atoms with Crippen LogP contribution >= 0.6 is 11.3 Å². The number of nitrogens with zero attached hydrogens (tertiary/aromatic N) is 3. The molecule has 0 saturated heterocycles. The number of imidazole rings is 1. The molecule has 0 saturated carbocycles. The number of nitrogen functional groups attached to an aromatic ring is 1. The second-order valence-corrected chi connectivity index (χ2v) is 5.01. The lowest BCUT2D eigenvalue weighted by Crippen LogP contribution is -2.04. The summed E-state index contributed by atoms with van der Waals surface area (Å²) in [5.41, 5.74) is 8.25. The maximum atomic E-state index is 13.1. The Kier molecular flexibility index (Phi) is 2.52. The summed E-state index contributed by atoms with van der Waals surface area (Å²) in [6, 6.07) is 4.48. The van der Waals surface area contributed by atoms with Crippen molar-refractivity contribution in [2.24, 2.45) is 0 Å². The molecule has 2 aromatic heterocycles. The van der Waals surface area contributed by atoms with Crippen LogP contribution in [0.15, 0.2) is 23.6 Å². The highest BCUT2D eigenvalue weighted by Gasteiger charge is 2.10. The number of aryl methyl sites for hydroxylation is 1. The number of anilines is 1. The van der Waals surface area contributed by atoms with Gasteiger partial charge in [-0.25, -0.2) is 14.4 Å². The molecule has 3 rings (SSSR count). The summed E-state index contributed by atoms with van der Waals surface area (Å²) in [6.45, 7) is 2.51. The quantitative estimate of drug-likeness (QED) is 0.772. The molecule has 6 heteroatoms. The summed E-state index contributed by atoms with van der Waals surface area (Å²) >= 11 is 1.58. The molecule has 2 N–H and O–H groups in total. The van der Waals surface area contributed by atoms with E-state index in [1.807, 2.05) is 16.9 Å². The van der Waals surface area contributed by atoms with Crippen molar-refractivity contribution in [2.45, 2.75) is 13.5 Å². The van der Waals surface area contributed by atoms with Gasteiger partial charge in [0.2, 0.25) is 5.95 Å². The molecule has 1 aromatic carbocycles. The summed E-state index contributed by atoms with van der Waals surface area (Å²) in [5.74, 6) is 0.0701. The smallest absolute Gasteiger partial charge is 0.201 e. The molecule has 0 spiro atoms. The van der Waals surface area contributed by atoms with Crippen molar-refractivity contribution in [1.29, 1.82) is 0 Å². The fourth-order valence-electron chi connectivity index (χ4n) is 1.90. The van der Waals surface area contributed by atoms with E-state index in [-0.39, 0.29) is 5.82 Å². The second-order valence-electron chi connectivity index (χ2n) is 4.07. The van der Waals surface area contributed by atoms with Gasteiger partial charge in [-0.3, -0.25) is 0 Å². The number of rotatable bonds is 2. The fourth-order valence-corrected chi connectivity index (χ4v) is 2.66. The van der Waals surface area contributed by atoms with Crippen LogP contribution < -0.4 is 5.73 Å². The molecular formula is C12H11FN4S. The standard InChI is InChI=1S/C12H11FN4S/c1-7-6-18-11(15-7)5-17-10-3-2-8(13)4-9(10)16-12(17)14/h2-4,6H,5H2,1H3,(H2,14,16). The van der Waals surface area contributed by atoms with Crippen molar-refractivity contribution in [2.75, 3.05) is 5.73 Å². The Bertz CT molecular complexity index is 716. The first-order valence-corrected chi connectivity index (χ1v) is 6.34. The van der Waals surface area contributed by atoms with Crippen molar-refractivity contribution in [3.63, 3.8) is 0 Å². The number of benzene rings is 1. The predicted octanol–water partition coefficient (Wildman–Crippen LogP) is 2.57. The van der Waals surface area contributed by atoms with Crippen molar-refractivity contribution in [1.82, 2.24) is 14.5 Å². The van der Waals surface area contributed by atoms with Crippen LogP contribution in [0.4, 0.5) is 10.3 Å². The van der Waals surface area contributed by atoms with E-state index in [2.05, 4.69) is 9.97 Å². The number of thiazole rings is 1. The van der Waals surface area contributed by atoms with Gasteiger partial charge < -0.3 is 10.3 Å². The second kappa shape index (κ2) is 4.06. The minimum Gasteiger partial charge on any atom is -0.369 e. The molecule has 4 nitrogen and oxygen atoms in total. The number of nitrogens with two attached hydrogens (primary N) is 1. The molecular weight excluding hydrogens is 251 g/mol. The Balaban J connectivity index is 2.08. The number of fused-ring (bicyclic) bond motifs is 1. The fraction of sp³-hybridized carbons (Fsp3) is 0.167. The average molecular weight is 262 g/mol. The van der Waals surface area contributed by atoms with Crippen LogP contribution in [0, 0.1) is 12.7 Å². The lowest BCUT2D eigenvalue weighted by Gasteiger charge is -2.03. The van der Waals surface area contributed by atoms with E-state index in [9.17, 15) is 4.39 Å². The molecule has 0 unspecified atom stereocenters. The lowest BCUT2D eigenvalue weighted by atomic mass is 10.3. The highest BCUT2D eigenvalue weighted by molar-refractivity contribution is 7.09. The van der Waals surface area contributed by atoms with Gasteiger partial charge in [-0.15, -0.1) is 11.3 Å². The first kappa shape index (κ1) is 11.2. The van der Waals surface area contributed by atoms with Crippen LogP contribution in [0.2, 0.25) is 0 Å². The molecule has 3 aromatic rings. The van der Waals surface area contributed by atoms with Crippen molar-refractivity contribution in [3.8, 4) is 0 Å². The van der Waals surface area contributed by atoms with Gasteiger partial charge in [-0.2, -0.15) is 0 Å². The largest absolute Gasteiger partial charge is 0.369 e. The van der Waals surface area contributed by atoms with Gasteiger partial charge in [0.1, 0.15) is 10.8 Å². The van der Waals surface area contributed by atoms with Gasteiger partial charge in [0, 0.05) is 17.1 Å². The molecule has 0 bridgehead atoms. The highest BCUT2D eigenvalue weighted by Crippen LogP contribution is 2.21. The molecule has 92 valence electrons. The van der Waals surface area contributed by atoms with E-state index >= 15 is 0 Å². The third-order valence-electron chi connectivity index (χ3n) is 2.70. The Hall–Kier alpha value is -1.95. The minimum atomic E-state index is -0.308. The van der Waals surface area contributed by atoms with Crippen molar-refractivity contribution >= 4 is 28.3 Å². The van der Waals surface area contributed by atoms with E-state index in [0.29, 0.717) is 18.0 Å². The Morgan fingerprint density at radius 2 is 2.22 bits per heavy atom. The predicted molar refractivity (Wildman–Crippen MR) is 70.1 cm³/mol. The summed E-state index contributed by atoms with van der Waals surface area (Å²) in [4.78, 5) is 8.55. The van der Waals surface area contributed by atoms with E-state index in [1.165, 1.54) is 12.1 Å². The van der Waals surface area contributed by atoms with Gasteiger partial charge in [0.05, 0.1) is 17.6 Å². The SMILES string of the molecule is Cc1csc(Cn2c(N)nc3cc(F)ccc32)n1. The number of hydrogen-bond donors (Lipinski definition) is 1. The molecule has 0 aliphatic rings. The molecule has 0 atom stereocenters. The van der Waals surface area contributed by atoms with Gasteiger partial charge in [-0.05, 0) is 19.1 Å². The van der Waals surface area contributed by atoms with Gasteiger partial charge >= 0.3 is 0 Å². The van der Waals surface area contributed by atoms with E-state index < -0.39 is 0 Å². The first-order valence-electron chi connectivity index (χ1n) is 5.46. The molecule has 18 heavy (non-hydrogen) atoms. The van der Waals surface area contributed by atoms with E-state index in [1.54, 1.807) is 17.4 Å². The lowest BCUT2D eigenvalue weighted by molar-refractivity contribution is 0.629. The molecule has 0 radical (unpaired) electrons. The average Bonchev–Trinajstić information content (AvgIpc) is 2.84. The monoisotopic (exact) mass is 262 g/mol. The molecule has 2 heterocycles. The zero-order valence-corrected chi connectivity index (χ0v) is 10.5. The van der Waals surface area contributed by atoms with Crippen LogP contribution in [-0.4, -0.2) is 14.5 Å². The van der Waals surface area contributed by atoms with Crippen LogP contribution in [0.5, 0.6) is 0 Å². The first-order chi connectivity index (χ1) is 8.63. The Morgan fingerprint density at radius 1 is 1.39 bits per heavy atom. The molecule has 0 fully saturated rings. The number of halogens is 1. The third-order valence-corrected chi connectivity index (χ3v) is 3.65. The number of aromatic nitrogens is 3. The Labute approximate surface area is 107 Å². The van der Waals surface area contributed by atoms with Gasteiger partial charge in [0.25, 0.3) is 0 Å². The zero-order chi connectivity index (χ0) is 12.7. The molecule has 0 aliphatic carbocycles. The van der Waals surface area contributed by atoms with Crippen LogP contribution in [-0.2, 0) is 6.54 Å². The minimum absolute atomic E-state index is 0.308.